The zero-order valence-electron chi connectivity index (χ0n) is 11.5. The molecule has 0 amide bonds. The minimum Gasteiger partial charge on any atom is -0.494 e. The molecule has 4 nitrogen and oxygen atoms in total. The van der Waals surface area contributed by atoms with Gasteiger partial charge in [-0.15, -0.1) is 0 Å². The van der Waals surface area contributed by atoms with Crippen LogP contribution in [-0.4, -0.2) is 50.0 Å². The highest BCUT2D eigenvalue weighted by Gasteiger charge is 2.08. The van der Waals surface area contributed by atoms with Gasteiger partial charge in [0.05, 0.1) is 6.61 Å². The van der Waals surface area contributed by atoms with Crippen LogP contribution in [0.1, 0.15) is 23.7 Å². The number of nitrogens with zero attached hydrogens (tertiary/aromatic N) is 1. The van der Waals surface area contributed by atoms with Crippen LogP contribution in [0.25, 0.3) is 0 Å². The molecule has 1 aliphatic rings. The van der Waals surface area contributed by atoms with E-state index in [4.69, 9.17) is 4.74 Å². The highest BCUT2D eigenvalue weighted by atomic mass is 16.5. The molecule has 104 valence electrons. The normalized spacial score (nSPS) is 16.3. The van der Waals surface area contributed by atoms with E-state index < -0.39 is 0 Å². The van der Waals surface area contributed by atoms with Crippen molar-refractivity contribution >= 4 is 5.78 Å². The zero-order valence-corrected chi connectivity index (χ0v) is 11.5. The minimum absolute atomic E-state index is 0.0882. The Morgan fingerprint density at radius 2 is 1.95 bits per heavy atom. The molecular weight excluding hydrogens is 240 g/mol. The van der Waals surface area contributed by atoms with Crippen molar-refractivity contribution in [2.75, 3.05) is 39.3 Å². The number of hydrogen-bond acceptors (Lipinski definition) is 4. The fraction of sp³-hybridized carbons (Fsp3) is 0.533. The van der Waals surface area contributed by atoms with Gasteiger partial charge in [-0.25, -0.2) is 0 Å². The second-order valence-electron chi connectivity index (χ2n) is 4.87. The van der Waals surface area contributed by atoms with Gasteiger partial charge < -0.3 is 15.0 Å². The van der Waals surface area contributed by atoms with Crippen LogP contribution in [0.4, 0.5) is 0 Å². The molecule has 0 aromatic heterocycles. The summed E-state index contributed by atoms with van der Waals surface area (Å²) in [6.45, 7) is 7.83. The molecule has 1 heterocycles. The van der Waals surface area contributed by atoms with Gasteiger partial charge in [0, 0.05) is 38.3 Å². The molecule has 0 unspecified atom stereocenters. The van der Waals surface area contributed by atoms with E-state index in [1.54, 1.807) is 6.92 Å². The molecule has 1 fully saturated rings. The van der Waals surface area contributed by atoms with E-state index in [0.29, 0.717) is 0 Å². The Morgan fingerprint density at radius 1 is 1.26 bits per heavy atom. The Morgan fingerprint density at radius 3 is 2.58 bits per heavy atom. The lowest BCUT2D eigenvalue weighted by Gasteiger charge is -2.26. The Kier molecular flexibility index (Phi) is 5.36. The van der Waals surface area contributed by atoms with Gasteiger partial charge in [0.1, 0.15) is 5.75 Å². The number of carbonyl (C=O) groups is 1. The average Bonchev–Trinajstić information content (AvgIpc) is 2.45. The van der Waals surface area contributed by atoms with E-state index in [0.717, 1.165) is 57.1 Å². The predicted octanol–water partition coefficient (Wildman–Crippen LogP) is 1.56. The van der Waals surface area contributed by atoms with Gasteiger partial charge in [-0.3, -0.25) is 4.79 Å². The highest BCUT2D eigenvalue weighted by molar-refractivity contribution is 5.94. The minimum atomic E-state index is 0.0882. The number of hydrogen-bond donors (Lipinski definition) is 1. The number of ketones is 1. The standard InChI is InChI=1S/C15H22N2O2/c1-13(18)14-3-5-15(6-4-14)19-12-2-9-17-10-7-16-8-11-17/h3-6,16H,2,7-12H2,1H3. The van der Waals surface area contributed by atoms with E-state index in [-0.39, 0.29) is 5.78 Å². The lowest BCUT2D eigenvalue weighted by molar-refractivity contribution is 0.101. The maximum Gasteiger partial charge on any atom is 0.159 e. The van der Waals surface area contributed by atoms with Crippen LogP contribution < -0.4 is 10.1 Å². The first-order chi connectivity index (χ1) is 9.25. The van der Waals surface area contributed by atoms with Crippen LogP contribution >= 0.6 is 0 Å². The summed E-state index contributed by atoms with van der Waals surface area (Å²) in [6.07, 6.45) is 1.04. The summed E-state index contributed by atoms with van der Waals surface area (Å²) in [5.41, 5.74) is 0.730. The van der Waals surface area contributed by atoms with Crippen molar-refractivity contribution in [2.45, 2.75) is 13.3 Å². The molecule has 1 N–H and O–H groups in total. The summed E-state index contributed by atoms with van der Waals surface area (Å²) in [4.78, 5) is 13.6. The second kappa shape index (κ2) is 7.26. The third-order valence-corrected chi connectivity index (χ3v) is 3.36. The average molecular weight is 262 g/mol. The molecule has 1 saturated heterocycles. The fourth-order valence-electron chi connectivity index (χ4n) is 2.20. The largest absolute Gasteiger partial charge is 0.494 e. The first-order valence-electron chi connectivity index (χ1n) is 6.92. The van der Waals surface area contributed by atoms with Crippen molar-refractivity contribution in [3.05, 3.63) is 29.8 Å². The van der Waals surface area contributed by atoms with Crippen LogP contribution in [-0.2, 0) is 0 Å². The van der Waals surface area contributed by atoms with Crippen molar-refractivity contribution in [2.24, 2.45) is 0 Å². The lowest BCUT2D eigenvalue weighted by Crippen LogP contribution is -2.43. The van der Waals surface area contributed by atoms with Crippen molar-refractivity contribution in [3.8, 4) is 5.75 Å². The van der Waals surface area contributed by atoms with Crippen LogP contribution in [0.5, 0.6) is 5.75 Å². The van der Waals surface area contributed by atoms with E-state index in [9.17, 15) is 4.79 Å². The smallest absolute Gasteiger partial charge is 0.159 e. The van der Waals surface area contributed by atoms with Gasteiger partial charge in [-0.1, -0.05) is 0 Å². The summed E-state index contributed by atoms with van der Waals surface area (Å²) >= 11 is 0. The number of piperazine rings is 1. The third kappa shape index (κ3) is 4.65. The van der Waals surface area contributed by atoms with Crippen molar-refractivity contribution in [1.29, 1.82) is 0 Å². The number of rotatable bonds is 6. The Bertz CT molecular complexity index is 397. The van der Waals surface area contributed by atoms with E-state index in [2.05, 4.69) is 10.2 Å². The first kappa shape index (κ1) is 14.0. The van der Waals surface area contributed by atoms with Crippen LogP contribution in [0.15, 0.2) is 24.3 Å². The van der Waals surface area contributed by atoms with Crippen LogP contribution in [0, 0.1) is 0 Å². The molecule has 2 rings (SSSR count). The van der Waals surface area contributed by atoms with Crippen molar-refractivity contribution < 1.29 is 9.53 Å². The molecule has 4 heteroatoms. The Hall–Kier alpha value is -1.39. The maximum atomic E-state index is 11.1. The number of Topliss-reactive ketones (excluding diaryl/α,β-unsaturated/α-hetero) is 1. The van der Waals surface area contributed by atoms with Gasteiger partial charge in [0.15, 0.2) is 5.78 Å². The van der Waals surface area contributed by atoms with Crippen LogP contribution in [0.2, 0.25) is 0 Å². The molecule has 1 aromatic rings. The van der Waals surface area contributed by atoms with Crippen LogP contribution in [0.3, 0.4) is 0 Å². The predicted molar refractivity (Wildman–Crippen MR) is 75.9 cm³/mol. The molecule has 0 spiro atoms. The summed E-state index contributed by atoms with van der Waals surface area (Å²) in [7, 11) is 0. The molecule has 0 atom stereocenters. The summed E-state index contributed by atoms with van der Waals surface area (Å²) in [6, 6.07) is 7.35. The van der Waals surface area contributed by atoms with Gasteiger partial charge in [0.2, 0.25) is 0 Å². The Balaban J connectivity index is 1.66. The maximum absolute atomic E-state index is 11.1. The van der Waals surface area contributed by atoms with Gasteiger partial charge in [0.25, 0.3) is 0 Å². The topological polar surface area (TPSA) is 41.6 Å². The van der Waals surface area contributed by atoms with Crippen molar-refractivity contribution in [3.63, 3.8) is 0 Å². The lowest BCUT2D eigenvalue weighted by atomic mass is 10.1. The molecule has 0 bridgehead atoms. The summed E-state index contributed by atoms with van der Waals surface area (Å²) in [5.74, 6) is 0.926. The Labute approximate surface area is 114 Å². The summed E-state index contributed by atoms with van der Waals surface area (Å²) in [5, 5.41) is 3.34. The highest BCUT2D eigenvalue weighted by Crippen LogP contribution is 2.12. The molecule has 0 radical (unpaired) electrons. The number of carbonyl (C=O) groups excluding carboxylic acids is 1. The number of ether oxygens (including phenoxy) is 1. The van der Waals surface area contributed by atoms with Crippen molar-refractivity contribution in [1.82, 2.24) is 10.2 Å². The molecule has 0 aliphatic carbocycles. The molecule has 19 heavy (non-hydrogen) atoms. The molecule has 1 aliphatic heterocycles. The van der Waals surface area contributed by atoms with E-state index >= 15 is 0 Å². The summed E-state index contributed by atoms with van der Waals surface area (Å²) < 4.78 is 5.68. The first-order valence-corrected chi connectivity index (χ1v) is 6.92. The monoisotopic (exact) mass is 262 g/mol. The number of nitrogens with one attached hydrogen (secondary N) is 1. The fourth-order valence-corrected chi connectivity index (χ4v) is 2.20. The number of benzene rings is 1. The quantitative estimate of drug-likeness (QED) is 0.624. The molecule has 1 aromatic carbocycles. The van der Waals surface area contributed by atoms with Gasteiger partial charge >= 0.3 is 0 Å². The third-order valence-electron chi connectivity index (χ3n) is 3.36. The zero-order chi connectivity index (χ0) is 13.5. The molecular formula is C15H22N2O2. The van der Waals surface area contributed by atoms with Gasteiger partial charge in [-0.05, 0) is 37.6 Å². The second-order valence-corrected chi connectivity index (χ2v) is 4.87. The van der Waals surface area contributed by atoms with E-state index in [1.165, 1.54) is 0 Å². The van der Waals surface area contributed by atoms with Gasteiger partial charge in [-0.2, -0.15) is 0 Å². The molecule has 0 saturated carbocycles. The van der Waals surface area contributed by atoms with E-state index in [1.807, 2.05) is 24.3 Å². The SMILES string of the molecule is CC(=O)c1ccc(OCCCN2CCNCC2)cc1.